The van der Waals surface area contributed by atoms with Crippen molar-refractivity contribution in [1.82, 2.24) is 9.97 Å². The molecule has 3 aromatic rings. The fourth-order valence-electron chi connectivity index (χ4n) is 3.59. The van der Waals surface area contributed by atoms with Gasteiger partial charge in [0.2, 0.25) is 0 Å². The third-order valence-electron chi connectivity index (χ3n) is 5.46. The fraction of sp³-hybridized carbons (Fsp3) is 0.417. The summed E-state index contributed by atoms with van der Waals surface area (Å²) in [6.45, 7) is 5.66. The third-order valence-corrected chi connectivity index (χ3v) is 5.46. The van der Waals surface area contributed by atoms with E-state index in [1.54, 1.807) is 26.2 Å². The molecule has 0 amide bonds. The lowest BCUT2D eigenvalue weighted by atomic mass is 10.1. The first-order valence-corrected chi connectivity index (χ1v) is 10.9. The summed E-state index contributed by atoms with van der Waals surface area (Å²) in [5.41, 5.74) is 4.24. The topological polar surface area (TPSA) is 91.5 Å². The minimum absolute atomic E-state index is 0.156. The minimum Gasteiger partial charge on any atom is -0.493 e. The maximum Gasteiger partial charge on any atom is 0.419 e. The van der Waals surface area contributed by atoms with Gasteiger partial charge in [0.25, 0.3) is 0 Å². The number of rotatable bonds is 9. The Bertz CT molecular complexity index is 1200. The molecule has 0 aliphatic rings. The average molecular weight is 497 g/mol. The van der Waals surface area contributed by atoms with E-state index in [-0.39, 0.29) is 36.4 Å². The Kier molecular flexibility index (Phi) is 7.89. The van der Waals surface area contributed by atoms with Gasteiger partial charge < -0.3 is 25.3 Å². The smallest absolute Gasteiger partial charge is 0.419 e. The predicted octanol–water partition coefficient (Wildman–Crippen LogP) is 5.35. The number of halogens is 4. The number of methoxy groups -OCH3 is 2. The molecule has 11 heteroatoms. The van der Waals surface area contributed by atoms with Gasteiger partial charge in [0.15, 0.2) is 11.5 Å². The highest BCUT2D eigenvalue weighted by Crippen LogP contribution is 2.36. The molecule has 35 heavy (non-hydrogen) atoms. The Balaban J connectivity index is 1.98. The van der Waals surface area contributed by atoms with Crippen LogP contribution in [-0.2, 0) is 17.5 Å². The molecule has 0 aliphatic carbocycles. The molecule has 2 aromatic carbocycles. The summed E-state index contributed by atoms with van der Waals surface area (Å²) in [5, 5.41) is 3.43. The van der Waals surface area contributed by atoms with E-state index in [1.165, 1.54) is 7.11 Å². The molecule has 0 fully saturated rings. The monoisotopic (exact) mass is 496 g/mol. The zero-order chi connectivity index (χ0) is 25.9. The molecule has 0 saturated heterocycles. The molecular formula is C24H28F4N4O3. The van der Waals surface area contributed by atoms with Gasteiger partial charge in [-0.1, -0.05) is 13.8 Å². The van der Waals surface area contributed by atoms with E-state index in [9.17, 15) is 17.6 Å². The van der Waals surface area contributed by atoms with Crippen LogP contribution >= 0.6 is 0 Å². The van der Waals surface area contributed by atoms with Crippen LogP contribution in [0.25, 0.3) is 10.9 Å². The Hall–Kier alpha value is -3.34. The maximum atomic E-state index is 14.6. The number of nitrogens with one attached hydrogen (secondary N) is 1. The highest BCUT2D eigenvalue weighted by molar-refractivity contribution is 5.91. The van der Waals surface area contributed by atoms with Gasteiger partial charge in [0.05, 0.1) is 24.3 Å². The van der Waals surface area contributed by atoms with Crippen molar-refractivity contribution in [3.05, 3.63) is 47.0 Å². The summed E-state index contributed by atoms with van der Waals surface area (Å²) < 4.78 is 71.0. The molecule has 0 bridgehead atoms. The number of anilines is 2. The number of hydrogen-bond donors (Lipinski definition) is 2. The van der Waals surface area contributed by atoms with Gasteiger partial charge in [-0.2, -0.15) is 13.2 Å². The van der Waals surface area contributed by atoms with Crippen LogP contribution in [0.15, 0.2) is 24.3 Å². The number of benzene rings is 2. The Morgan fingerprint density at radius 3 is 2.37 bits per heavy atom. The van der Waals surface area contributed by atoms with Crippen LogP contribution in [0, 0.1) is 18.7 Å². The number of nitrogens with zero attached hydrogens (tertiary/aromatic N) is 2. The standard InChI is InChI=1S/C24H28F4N4O3/c1-12(2)21(34-5)11-35-20-8-16-18(9-19(20)33-4)31-13(3)32-23(16)30-10-14-6-15(29)7-17(22(14)25)24(26,27)28/h6-9,12,21H,10-11,29H2,1-5H3,(H,30,31,32). The number of hydrogen-bond acceptors (Lipinski definition) is 7. The van der Waals surface area contributed by atoms with Gasteiger partial charge in [-0.25, -0.2) is 14.4 Å². The molecule has 7 nitrogen and oxygen atoms in total. The van der Waals surface area contributed by atoms with E-state index in [0.717, 1.165) is 6.07 Å². The van der Waals surface area contributed by atoms with E-state index in [2.05, 4.69) is 15.3 Å². The second-order valence-electron chi connectivity index (χ2n) is 8.36. The summed E-state index contributed by atoms with van der Waals surface area (Å²) in [4.78, 5) is 8.76. The summed E-state index contributed by atoms with van der Waals surface area (Å²) in [6.07, 6.45) is -5.03. The Morgan fingerprint density at radius 2 is 1.77 bits per heavy atom. The van der Waals surface area contributed by atoms with Crippen molar-refractivity contribution in [2.75, 3.05) is 31.9 Å². The molecule has 1 unspecified atom stereocenters. The highest BCUT2D eigenvalue weighted by atomic mass is 19.4. The molecule has 190 valence electrons. The lowest BCUT2D eigenvalue weighted by Gasteiger charge is -2.21. The average Bonchev–Trinajstić information content (AvgIpc) is 2.78. The van der Waals surface area contributed by atoms with E-state index >= 15 is 0 Å². The molecule has 0 aliphatic heterocycles. The van der Waals surface area contributed by atoms with Crippen molar-refractivity contribution in [3.63, 3.8) is 0 Å². The SMILES string of the molecule is COc1cc2nc(C)nc(NCc3cc(N)cc(C(F)(F)F)c3F)c2cc1OCC(OC)C(C)C. The van der Waals surface area contributed by atoms with Crippen molar-refractivity contribution in [2.45, 2.75) is 39.6 Å². The van der Waals surface area contributed by atoms with Crippen LogP contribution < -0.4 is 20.5 Å². The van der Waals surface area contributed by atoms with Crippen molar-refractivity contribution >= 4 is 22.4 Å². The van der Waals surface area contributed by atoms with Crippen LogP contribution in [-0.4, -0.2) is 36.9 Å². The predicted molar refractivity (Wildman–Crippen MR) is 125 cm³/mol. The largest absolute Gasteiger partial charge is 0.493 e. The molecule has 1 aromatic heterocycles. The molecule has 0 radical (unpaired) electrons. The fourth-order valence-corrected chi connectivity index (χ4v) is 3.59. The normalized spacial score (nSPS) is 12.7. The van der Waals surface area contributed by atoms with Crippen LogP contribution in [0.2, 0.25) is 0 Å². The van der Waals surface area contributed by atoms with Gasteiger partial charge >= 0.3 is 6.18 Å². The lowest BCUT2D eigenvalue weighted by Crippen LogP contribution is -2.26. The quantitative estimate of drug-likeness (QED) is 0.305. The summed E-state index contributed by atoms with van der Waals surface area (Å²) in [5.74, 6) is 0.370. The number of alkyl halides is 3. The summed E-state index contributed by atoms with van der Waals surface area (Å²) >= 11 is 0. The van der Waals surface area contributed by atoms with Gasteiger partial charge in [0, 0.05) is 36.4 Å². The zero-order valence-electron chi connectivity index (χ0n) is 20.1. The van der Waals surface area contributed by atoms with E-state index in [1.807, 2.05) is 13.8 Å². The highest BCUT2D eigenvalue weighted by Gasteiger charge is 2.35. The van der Waals surface area contributed by atoms with Crippen molar-refractivity contribution in [2.24, 2.45) is 5.92 Å². The van der Waals surface area contributed by atoms with Crippen molar-refractivity contribution in [3.8, 4) is 11.5 Å². The van der Waals surface area contributed by atoms with Gasteiger partial charge in [-0.05, 0) is 31.0 Å². The van der Waals surface area contributed by atoms with Crippen molar-refractivity contribution in [1.29, 1.82) is 0 Å². The van der Waals surface area contributed by atoms with Gasteiger partial charge in [0.1, 0.15) is 24.1 Å². The molecule has 1 atom stereocenters. The summed E-state index contributed by atoms with van der Waals surface area (Å²) in [6, 6.07) is 5.07. The second kappa shape index (κ2) is 10.5. The molecule has 3 N–H and O–H groups in total. The first-order chi connectivity index (χ1) is 16.4. The molecule has 3 rings (SSSR count). The number of fused-ring (bicyclic) bond motifs is 1. The minimum atomic E-state index is -4.87. The molecular weight excluding hydrogens is 468 g/mol. The van der Waals surface area contributed by atoms with Crippen LogP contribution in [0.5, 0.6) is 11.5 Å². The number of aryl methyl sites for hydroxylation is 1. The number of ether oxygens (including phenoxy) is 3. The van der Waals surface area contributed by atoms with Gasteiger partial charge in [-0.3, -0.25) is 0 Å². The molecule has 0 saturated carbocycles. The zero-order valence-corrected chi connectivity index (χ0v) is 20.1. The van der Waals surface area contributed by atoms with Crippen LogP contribution in [0.1, 0.15) is 30.8 Å². The first kappa shape index (κ1) is 26.3. The van der Waals surface area contributed by atoms with Crippen LogP contribution in [0.3, 0.4) is 0 Å². The van der Waals surface area contributed by atoms with Gasteiger partial charge in [-0.15, -0.1) is 0 Å². The van der Waals surface area contributed by atoms with E-state index in [4.69, 9.17) is 19.9 Å². The molecule has 0 spiro atoms. The number of nitrogen functional groups attached to an aromatic ring is 1. The first-order valence-electron chi connectivity index (χ1n) is 10.9. The maximum absolute atomic E-state index is 14.6. The third kappa shape index (κ3) is 6.02. The Labute approximate surface area is 200 Å². The lowest BCUT2D eigenvalue weighted by molar-refractivity contribution is -0.140. The van der Waals surface area contributed by atoms with E-state index < -0.39 is 17.6 Å². The second-order valence-corrected chi connectivity index (χ2v) is 8.36. The number of nitrogens with two attached hydrogens (primary N) is 1. The van der Waals surface area contributed by atoms with E-state index in [0.29, 0.717) is 40.1 Å². The Morgan fingerprint density at radius 1 is 1.06 bits per heavy atom. The van der Waals surface area contributed by atoms with Crippen LogP contribution in [0.4, 0.5) is 29.1 Å². The number of aromatic nitrogens is 2. The molecule has 1 heterocycles. The van der Waals surface area contributed by atoms with Crippen molar-refractivity contribution < 1.29 is 31.8 Å². The summed E-state index contributed by atoms with van der Waals surface area (Å²) in [7, 11) is 3.10.